The van der Waals surface area contributed by atoms with Crippen molar-refractivity contribution in [1.29, 1.82) is 0 Å². The molecule has 0 aliphatic heterocycles. The predicted octanol–water partition coefficient (Wildman–Crippen LogP) is 2.42. The Morgan fingerprint density at radius 3 is 2.56 bits per heavy atom. The SMILES string of the molecule is CC(C)CCS[P+](=O)O. The average Bonchev–Trinajstić information content (AvgIpc) is 1.63. The summed E-state index contributed by atoms with van der Waals surface area (Å²) in [6.45, 7) is 4.20. The smallest absolute Gasteiger partial charge is 0.151 e. The summed E-state index contributed by atoms with van der Waals surface area (Å²) in [4.78, 5) is 8.34. The van der Waals surface area contributed by atoms with E-state index in [0.717, 1.165) is 23.6 Å². The Labute approximate surface area is 60.7 Å². The zero-order valence-electron chi connectivity index (χ0n) is 5.70. The summed E-state index contributed by atoms with van der Waals surface area (Å²) in [6.07, 6.45) is 1.02. The molecule has 54 valence electrons. The van der Waals surface area contributed by atoms with E-state index in [0.29, 0.717) is 5.92 Å². The van der Waals surface area contributed by atoms with Crippen LogP contribution in [0, 0.1) is 5.92 Å². The zero-order valence-corrected chi connectivity index (χ0v) is 7.41. The lowest BCUT2D eigenvalue weighted by molar-refractivity contribution is 0.519. The lowest BCUT2D eigenvalue weighted by atomic mass is 10.2. The van der Waals surface area contributed by atoms with E-state index in [4.69, 9.17) is 4.89 Å². The van der Waals surface area contributed by atoms with Crippen LogP contribution < -0.4 is 0 Å². The molecular formula is C5H12O2PS+. The van der Waals surface area contributed by atoms with Gasteiger partial charge in [-0.05, 0) is 16.9 Å². The standard InChI is InChI=1S/C5H11O2PS/c1-5(2)3-4-9-8(6)7/h5H,3-4H2,1-2H3/p+1. The Balaban J connectivity index is 3.01. The van der Waals surface area contributed by atoms with Gasteiger partial charge in [0.15, 0.2) is 11.4 Å². The highest BCUT2D eigenvalue weighted by atomic mass is 32.7. The summed E-state index contributed by atoms with van der Waals surface area (Å²) < 4.78 is 10.1. The van der Waals surface area contributed by atoms with Crippen LogP contribution in [0.15, 0.2) is 0 Å². The van der Waals surface area contributed by atoms with Crippen LogP contribution in [-0.4, -0.2) is 10.6 Å². The van der Waals surface area contributed by atoms with Gasteiger partial charge in [-0.3, -0.25) is 0 Å². The summed E-state index contributed by atoms with van der Waals surface area (Å²) in [5, 5.41) is 0. The van der Waals surface area contributed by atoms with Gasteiger partial charge in [0.25, 0.3) is 0 Å². The minimum absolute atomic E-state index is 0.632. The second-order valence-electron chi connectivity index (χ2n) is 2.25. The van der Waals surface area contributed by atoms with Gasteiger partial charge < -0.3 is 0 Å². The van der Waals surface area contributed by atoms with E-state index >= 15 is 0 Å². The highest BCUT2D eigenvalue weighted by Crippen LogP contribution is 2.33. The Morgan fingerprint density at radius 2 is 2.22 bits per heavy atom. The fourth-order valence-electron chi connectivity index (χ4n) is 0.366. The monoisotopic (exact) mass is 167 g/mol. The van der Waals surface area contributed by atoms with E-state index in [9.17, 15) is 4.57 Å². The summed E-state index contributed by atoms with van der Waals surface area (Å²) in [6, 6.07) is 0. The van der Waals surface area contributed by atoms with Gasteiger partial charge in [0.2, 0.25) is 0 Å². The van der Waals surface area contributed by atoms with Crippen LogP contribution in [0.4, 0.5) is 0 Å². The maximum Gasteiger partial charge on any atom is 0.582 e. The van der Waals surface area contributed by atoms with Crippen molar-refractivity contribution in [1.82, 2.24) is 0 Å². The van der Waals surface area contributed by atoms with Gasteiger partial charge in [0.1, 0.15) is 0 Å². The summed E-state index contributed by atoms with van der Waals surface area (Å²) in [5.74, 6) is 1.43. The van der Waals surface area contributed by atoms with Gasteiger partial charge in [-0.2, -0.15) is 4.89 Å². The van der Waals surface area contributed by atoms with Crippen LogP contribution in [0.25, 0.3) is 0 Å². The summed E-state index contributed by atoms with van der Waals surface area (Å²) in [7, 11) is -1.96. The fourth-order valence-corrected chi connectivity index (χ4v) is 1.88. The molecule has 2 nitrogen and oxygen atoms in total. The minimum atomic E-state index is -1.96. The third kappa shape index (κ3) is 8.41. The van der Waals surface area contributed by atoms with Gasteiger partial charge in [-0.25, -0.2) is 0 Å². The van der Waals surface area contributed by atoms with Crippen LogP contribution in [0.1, 0.15) is 20.3 Å². The Hall–Kier alpha value is 0.410. The number of hydrogen-bond acceptors (Lipinski definition) is 2. The molecule has 0 bridgehead atoms. The maximum atomic E-state index is 10.1. The second kappa shape index (κ2) is 5.21. The molecule has 0 aromatic rings. The number of hydrogen-bond donors (Lipinski definition) is 1. The van der Waals surface area contributed by atoms with Crippen LogP contribution in [0.5, 0.6) is 0 Å². The third-order valence-electron chi connectivity index (χ3n) is 0.897. The first kappa shape index (κ1) is 9.41. The molecule has 0 rings (SSSR count). The van der Waals surface area contributed by atoms with Crippen molar-refractivity contribution in [2.45, 2.75) is 20.3 Å². The highest BCUT2D eigenvalue weighted by molar-refractivity contribution is 8.50. The van der Waals surface area contributed by atoms with Crippen molar-refractivity contribution < 1.29 is 9.46 Å². The summed E-state index contributed by atoms with van der Waals surface area (Å²) in [5.41, 5.74) is 0. The quantitative estimate of drug-likeness (QED) is 0.653. The van der Waals surface area contributed by atoms with Gasteiger partial charge in [-0.15, -0.1) is 0 Å². The number of rotatable bonds is 4. The minimum Gasteiger partial charge on any atom is -0.151 e. The van der Waals surface area contributed by atoms with Crippen LogP contribution in [-0.2, 0) is 4.57 Å². The van der Waals surface area contributed by atoms with Crippen molar-refractivity contribution in [3.8, 4) is 0 Å². The maximum absolute atomic E-state index is 10.1. The van der Waals surface area contributed by atoms with Crippen molar-refractivity contribution in [2.75, 3.05) is 5.75 Å². The van der Waals surface area contributed by atoms with Crippen LogP contribution in [0.3, 0.4) is 0 Å². The molecule has 0 aromatic carbocycles. The molecule has 0 heterocycles. The van der Waals surface area contributed by atoms with Crippen molar-refractivity contribution in [2.24, 2.45) is 5.92 Å². The molecule has 0 aromatic heterocycles. The molecule has 1 atom stereocenters. The Bertz CT molecular complexity index is 95.0. The molecule has 0 amide bonds. The molecule has 4 heteroatoms. The Morgan fingerprint density at radius 1 is 1.67 bits per heavy atom. The van der Waals surface area contributed by atoms with Gasteiger partial charge in [-0.1, -0.05) is 13.8 Å². The molecule has 0 aliphatic rings. The van der Waals surface area contributed by atoms with Crippen LogP contribution in [0.2, 0.25) is 0 Å². The lowest BCUT2D eigenvalue weighted by Crippen LogP contribution is -1.87. The highest BCUT2D eigenvalue weighted by Gasteiger charge is 2.11. The molecule has 0 spiro atoms. The normalized spacial score (nSPS) is 12.2. The summed E-state index contributed by atoms with van der Waals surface area (Å²) >= 11 is 1.12. The largest absolute Gasteiger partial charge is 0.582 e. The van der Waals surface area contributed by atoms with Crippen molar-refractivity contribution in [3.05, 3.63) is 0 Å². The average molecular weight is 167 g/mol. The lowest BCUT2D eigenvalue weighted by Gasteiger charge is -1.95. The van der Waals surface area contributed by atoms with Gasteiger partial charge >= 0.3 is 7.23 Å². The van der Waals surface area contributed by atoms with E-state index in [1.807, 2.05) is 0 Å². The Kier molecular flexibility index (Phi) is 5.45. The zero-order chi connectivity index (χ0) is 7.28. The molecule has 1 unspecified atom stereocenters. The molecule has 0 aliphatic carbocycles. The molecule has 1 N–H and O–H groups in total. The molecule has 0 radical (unpaired) electrons. The third-order valence-corrected chi connectivity index (χ3v) is 2.75. The molecule has 0 fully saturated rings. The van der Waals surface area contributed by atoms with E-state index < -0.39 is 7.23 Å². The molecular weight excluding hydrogens is 155 g/mol. The predicted molar refractivity (Wildman–Crippen MR) is 41.7 cm³/mol. The first-order valence-corrected chi connectivity index (χ1v) is 5.72. The van der Waals surface area contributed by atoms with E-state index in [1.165, 1.54) is 0 Å². The van der Waals surface area contributed by atoms with E-state index in [1.54, 1.807) is 0 Å². The molecule has 0 saturated heterocycles. The topological polar surface area (TPSA) is 37.3 Å². The van der Waals surface area contributed by atoms with E-state index in [-0.39, 0.29) is 0 Å². The molecule has 0 saturated carbocycles. The van der Waals surface area contributed by atoms with Crippen molar-refractivity contribution in [3.63, 3.8) is 0 Å². The van der Waals surface area contributed by atoms with Gasteiger partial charge in [0, 0.05) is 5.75 Å². The van der Waals surface area contributed by atoms with E-state index in [2.05, 4.69) is 13.8 Å². The first-order chi connectivity index (χ1) is 4.13. The van der Waals surface area contributed by atoms with Gasteiger partial charge in [0.05, 0.1) is 0 Å². The second-order valence-corrected chi connectivity index (χ2v) is 5.11. The van der Waals surface area contributed by atoms with Crippen LogP contribution >= 0.6 is 18.6 Å². The van der Waals surface area contributed by atoms with Crippen molar-refractivity contribution >= 4 is 18.6 Å². The molecule has 9 heavy (non-hydrogen) atoms. The fraction of sp³-hybridized carbons (Fsp3) is 1.00. The first-order valence-electron chi connectivity index (χ1n) is 2.92.